The van der Waals surface area contributed by atoms with Crippen LogP contribution in [0.3, 0.4) is 0 Å². The summed E-state index contributed by atoms with van der Waals surface area (Å²) in [5.41, 5.74) is -0.112. The quantitative estimate of drug-likeness (QED) is 0.593. The lowest BCUT2D eigenvalue weighted by atomic mass is 10.0. The molecule has 4 nitrogen and oxygen atoms in total. The maximum Gasteiger partial charge on any atom is 0.234 e. The molecule has 0 saturated carbocycles. The predicted octanol–water partition coefficient (Wildman–Crippen LogP) is 0.917. The van der Waals surface area contributed by atoms with Crippen LogP contribution in [0.1, 0.15) is 34.1 Å². The van der Waals surface area contributed by atoms with Crippen molar-refractivity contribution >= 4 is 5.91 Å². The van der Waals surface area contributed by atoms with Gasteiger partial charge in [0.05, 0.1) is 13.2 Å². The van der Waals surface area contributed by atoms with E-state index >= 15 is 0 Å². The summed E-state index contributed by atoms with van der Waals surface area (Å²) in [4.78, 5) is 11.4. The fraction of sp³-hybridized carbons (Fsp3) is 0.909. The summed E-state index contributed by atoms with van der Waals surface area (Å²) in [6, 6.07) is 0. The third-order valence-corrected chi connectivity index (χ3v) is 2.27. The molecule has 90 valence electrons. The first kappa shape index (κ1) is 14.4. The number of carbonyl (C=O) groups excluding carboxylic acids is 1. The zero-order valence-electron chi connectivity index (χ0n) is 10.4. The topological polar surface area (TPSA) is 50.4 Å². The van der Waals surface area contributed by atoms with Crippen LogP contribution in [0.2, 0.25) is 0 Å². The molecule has 0 fully saturated rings. The molecule has 0 bridgehead atoms. The van der Waals surface area contributed by atoms with Gasteiger partial charge in [0.25, 0.3) is 0 Å². The molecule has 0 aromatic carbocycles. The van der Waals surface area contributed by atoms with Crippen molar-refractivity contribution in [3.8, 4) is 0 Å². The standard InChI is InChI=1S/C11H24N2O2/c1-5-11(3,4)13-10(14)9-12-7-8-15-6-2/h12H,5-9H2,1-4H3,(H,13,14). The Morgan fingerprint density at radius 3 is 2.53 bits per heavy atom. The second-order valence-electron chi connectivity index (χ2n) is 4.16. The van der Waals surface area contributed by atoms with E-state index in [9.17, 15) is 4.79 Å². The van der Waals surface area contributed by atoms with Crippen molar-refractivity contribution in [3.05, 3.63) is 0 Å². The van der Waals surface area contributed by atoms with Gasteiger partial charge >= 0.3 is 0 Å². The first-order chi connectivity index (χ1) is 7.02. The number of carbonyl (C=O) groups is 1. The van der Waals surface area contributed by atoms with E-state index in [1.807, 2.05) is 20.8 Å². The molecule has 0 radical (unpaired) electrons. The van der Waals surface area contributed by atoms with Gasteiger partial charge in [-0.15, -0.1) is 0 Å². The summed E-state index contributed by atoms with van der Waals surface area (Å²) in [5, 5.41) is 5.98. The van der Waals surface area contributed by atoms with Crippen LogP contribution in [-0.2, 0) is 9.53 Å². The smallest absolute Gasteiger partial charge is 0.234 e. The summed E-state index contributed by atoms with van der Waals surface area (Å²) in [7, 11) is 0. The second kappa shape index (κ2) is 7.65. The summed E-state index contributed by atoms with van der Waals surface area (Å²) in [6.07, 6.45) is 0.928. The van der Waals surface area contributed by atoms with E-state index in [1.165, 1.54) is 0 Å². The van der Waals surface area contributed by atoms with Crippen LogP contribution in [0.4, 0.5) is 0 Å². The van der Waals surface area contributed by atoms with Gasteiger partial charge in [0.2, 0.25) is 5.91 Å². The molecule has 0 unspecified atom stereocenters. The highest BCUT2D eigenvalue weighted by atomic mass is 16.5. The summed E-state index contributed by atoms with van der Waals surface area (Å²) < 4.78 is 5.14. The third kappa shape index (κ3) is 8.39. The first-order valence-corrected chi connectivity index (χ1v) is 5.61. The van der Waals surface area contributed by atoms with E-state index < -0.39 is 0 Å². The zero-order valence-corrected chi connectivity index (χ0v) is 10.4. The molecule has 0 aromatic rings. The van der Waals surface area contributed by atoms with Crippen molar-refractivity contribution in [1.82, 2.24) is 10.6 Å². The average Bonchev–Trinajstić information content (AvgIpc) is 2.17. The van der Waals surface area contributed by atoms with Gasteiger partial charge in [-0.3, -0.25) is 4.79 Å². The maximum absolute atomic E-state index is 11.4. The maximum atomic E-state index is 11.4. The number of ether oxygens (including phenoxy) is 1. The number of nitrogens with one attached hydrogen (secondary N) is 2. The van der Waals surface area contributed by atoms with Crippen LogP contribution < -0.4 is 10.6 Å². The van der Waals surface area contributed by atoms with Crippen molar-refractivity contribution in [3.63, 3.8) is 0 Å². The molecule has 0 heterocycles. The number of hydrogen-bond acceptors (Lipinski definition) is 3. The van der Waals surface area contributed by atoms with Crippen LogP contribution >= 0.6 is 0 Å². The van der Waals surface area contributed by atoms with Crippen LogP contribution in [0, 0.1) is 0 Å². The van der Waals surface area contributed by atoms with Crippen molar-refractivity contribution in [2.75, 3.05) is 26.3 Å². The van der Waals surface area contributed by atoms with Crippen molar-refractivity contribution in [2.45, 2.75) is 39.7 Å². The lowest BCUT2D eigenvalue weighted by Gasteiger charge is -2.24. The summed E-state index contributed by atoms with van der Waals surface area (Å²) >= 11 is 0. The van der Waals surface area contributed by atoms with E-state index in [4.69, 9.17) is 4.74 Å². The molecule has 0 saturated heterocycles. The van der Waals surface area contributed by atoms with Gasteiger partial charge in [-0.05, 0) is 27.2 Å². The molecule has 0 aliphatic carbocycles. The van der Waals surface area contributed by atoms with Crippen LogP contribution in [0.5, 0.6) is 0 Å². The van der Waals surface area contributed by atoms with Crippen LogP contribution in [-0.4, -0.2) is 37.7 Å². The molecule has 0 aliphatic rings. The minimum Gasteiger partial charge on any atom is -0.380 e. The van der Waals surface area contributed by atoms with E-state index in [0.717, 1.165) is 13.0 Å². The van der Waals surface area contributed by atoms with Gasteiger partial charge in [0.1, 0.15) is 0 Å². The van der Waals surface area contributed by atoms with Crippen LogP contribution in [0.15, 0.2) is 0 Å². The molecule has 0 aliphatic heterocycles. The van der Waals surface area contributed by atoms with E-state index in [0.29, 0.717) is 19.7 Å². The molecule has 4 heteroatoms. The minimum atomic E-state index is -0.112. The Balaban J connectivity index is 3.49. The molecule has 0 rings (SSSR count). The van der Waals surface area contributed by atoms with Crippen molar-refractivity contribution in [2.24, 2.45) is 0 Å². The van der Waals surface area contributed by atoms with Gasteiger partial charge in [0.15, 0.2) is 0 Å². The normalized spacial score (nSPS) is 11.5. The second-order valence-corrected chi connectivity index (χ2v) is 4.16. The Morgan fingerprint density at radius 2 is 2.00 bits per heavy atom. The fourth-order valence-corrected chi connectivity index (χ4v) is 1.00. The number of rotatable bonds is 8. The highest BCUT2D eigenvalue weighted by Crippen LogP contribution is 2.05. The first-order valence-electron chi connectivity index (χ1n) is 5.61. The van der Waals surface area contributed by atoms with Crippen molar-refractivity contribution < 1.29 is 9.53 Å². The Bertz CT molecular complexity index is 181. The Morgan fingerprint density at radius 1 is 1.33 bits per heavy atom. The largest absolute Gasteiger partial charge is 0.380 e. The summed E-state index contributed by atoms with van der Waals surface area (Å²) in [6.45, 7) is 10.5. The third-order valence-electron chi connectivity index (χ3n) is 2.27. The van der Waals surface area contributed by atoms with Gasteiger partial charge in [0, 0.05) is 18.7 Å². The SMILES string of the molecule is CCOCCNCC(=O)NC(C)(C)CC. The van der Waals surface area contributed by atoms with E-state index in [-0.39, 0.29) is 11.4 Å². The highest BCUT2D eigenvalue weighted by Gasteiger charge is 2.16. The average molecular weight is 216 g/mol. The van der Waals surface area contributed by atoms with Crippen molar-refractivity contribution in [1.29, 1.82) is 0 Å². The van der Waals surface area contributed by atoms with Gasteiger partial charge in [-0.2, -0.15) is 0 Å². The summed E-state index contributed by atoms with van der Waals surface area (Å²) in [5.74, 6) is 0.0401. The molecular formula is C11H24N2O2. The molecule has 0 aromatic heterocycles. The van der Waals surface area contributed by atoms with Gasteiger partial charge in [-0.1, -0.05) is 6.92 Å². The number of hydrogen-bond donors (Lipinski definition) is 2. The molecule has 0 spiro atoms. The number of amides is 1. The minimum absolute atomic E-state index is 0.0401. The molecule has 2 N–H and O–H groups in total. The Hall–Kier alpha value is -0.610. The highest BCUT2D eigenvalue weighted by molar-refractivity contribution is 5.78. The lowest BCUT2D eigenvalue weighted by molar-refractivity contribution is -0.121. The molecule has 1 amide bonds. The Labute approximate surface area is 92.8 Å². The van der Waals surface area contributed by atoms with E-state index in [2.05, 4.69) is 17.6 Å². The Kier molecular flexibility index (Phi) is 7.34. The van der Waals surface area contributed by atoms with Crippen LogP contribution in [0.25, 0.3) is 0 Å². The molecule has 0 atom stereocenters. The fourth-order valence-electron chi connectivity index (χ4n) is 1.00. The van der Waals surface area contributed by atoms with E-state index in [1.54, 1.807) is 0 Å². The lowest BCUT2D eigenvalue weighted by Crippen LogP contribution is -2.46. The van der Waals surface area contributed by atoms with Gasteiger partial charge in [-0.25, -0.2) is 0 Å². The van der Waals surface area contributed by atoms with Gasteiger partial charge < -0.3 is 15.4 Å². The molecular weight excluding hydrogens is 192 g/mol. The molecule has 15 heavy (non-hydrogen) atoms. The monoisotopic (exact) mass is 216 g/mol. The predicted molar refractivity (Wildman–Crippen MR) is 61.9 cm³/mol. The zero-order chi connectivity index (χ0) is 11.7.